The van der Waals surface area contributed by atoms with Gasteiger partial charge in [-0.3, -0.25) is 9.59 Å². The van der Waals surface area contributed by atoms with E-state index in [-0.39, 0.29) is 24.1 Å². The molecule has 5 nitrogen and oxygen atoms in total. The third-order valence-electron chi connectivity index (χ3n) is 4.61. The largest absolute Gasteiger partial charge is 0.348 e. The van der Waals surface area contributed by atoms with Gasteiger partial charge in [0.15, 0.2) is 0 Å². The molecule has 1 N–H and O–H groups in total. The summed E-state index contributed by atoms with van der Waals surface area (Å²) < 4.78 is 1.26. The normalized spacial score (nSPS) is 15.8. The molecule has 1 aliphatic carbocycles. The molecule has 0 unspecified atom stereocenters. The zero-order chi connectivity index (χ0) is 17.1. The van der Waals surface area contributed by atoms with Gasteiger partial charge in [-0.2, -0.15) is 5.10 Å². The van der Waals surface area contributed by atoms with Gasteiger partial charge in [0, 0.05) is 11.4 Å². The molecule has 1 aromatic heterocycles. The Morgan fingerprint density at radius 1 is 1.29 bits per heavy atom. The van der Waals surface area contributed by atoms with E-state index in [0.29, 0.717) is 5.39 Å². The molecule has 1 amide bonds. The number of carbonyl (C=O) groups excluding carboxylic acids is 1. The second-order valence-corrected chi connectivity index (χ2v) is 6.41. The van der Waals surface area contributed by atoms with Crippen molar-refractivity contribution in [3.05, 3.63) is 52.0 Å². The monoisotopic (exact) mass is 325 g/mol. The first-order chi connectivity index (χ1) is 11.6. The molecule has 0 bridgehead atoms. The van der Waals surface area contributed by atoms with Crippen molar-refractivity contribution in [1.29, 1.82) is 0 Å². The lowest BCUT2D eigenvalue weighted by Crippen LogP contribution is -2.39. The molecule has 1 aromatic carbocycles. The van der Waals surface area contributed by atoms with Gasteiger partial charge in [-0.25, -0.2) is 4.68 Å². The number of hydrogen-bond donors (Lipinski definition) is 1. The minimum atomic E-state index is -0.226. The maximum Gasteiger partial charge on any atom is 0.275 e. The standard InChI is InChI=1S/C19H23N3O2/c1-13(15-8-4-3-5-9-15)20-18(23)12-22-19(24)17-11-7-6-10-16(17)14(2)21-22/h6-8,10-11,13H,3-5,9,12H2,1-2H3,(H,20,23)/t13-/m0/s1. The fraction of sp³-hybridized carbons (Fsp3) is 0.421. The van der Waals surface area contributed by atoms with Crippen LogP contribution in [0.25, 0.3) is 10.8 Å². The number of amides is 1. The number of aryl methyl sites for hydroxylation is 1. The number of rotatable bonds is 4. The summed E-state index contributed by atoms with van der Waals surface area (Å²) in [5, 5.41) is 8.71. The average molecular weight is 325 g/mol. The summed E-state index contributed by atoms with van der Waals surface area (Å²) in [6, 6.07) is 7.37. The van der Waals surface area contributed by atoms with Gasteiger partial charge in [0.05, 0.1) is 11.1 Å². The van der Waals surface area contributed by atoms with Crippen molar-refractivity contribution in [2.24, 2.45) is 0 Å². The number of benzene rings is 1. The number of carbonyl (C=O) groups is 1. The van der Waals surface area contributed by atoms with Crippen LogP contribution in [0.5, 0.6) is 0 Å². The predicted molar refractivity (Wildman–Crippen MR) is 94.9 cm³/mol. The SMILES string of the molecule is Cc1nn(CC(=O)N[C@@H](C)C2=CCCCC2)c(=O)c2ccccc12. The molecule has 0 fully saturated rings. The summed E-state index contributed by atoms with van der Waals surface area (Å²) in [4.78, 5) is 24.8. The van der Waals surface area contributed by atoms with Crippen molar-refractivity contribution in [2.45, 2.75) is 52.1 Å². The fourth-order valence-electron chi connectivity index (χ4n) is 3.28. The van der Waals surface area contributed by atoms with E-state index in [9.17, 15) is 9.59 Å². The fourth-order valence-corrected chi connectivity index (χ4v) is 3.28. The van der Waals surface area contributed by atoms with Gasteiger partial charge in [0.25, 0.3) is 5.56 Å². The highest BCUT2D eigenvalue weighted by Gasteiger charge is 2.16. The topological polar surface area (TPSA) is 64.0 Å². The molecule has 5 heteroatoms. The van der Waals surface area contributed by atoms with Crippen molar-refractivity contribution in [2.75, 3.05) is 0 Å². The summed E-state index contributed by atoms with van der Waals surface area (Å²) in [5.41, 5.74) is 1.81. The highest BCUT2D eigenvalue weighted by atomic mass is 16.2. The van der Waals surface area contributed by atoms with Gasteiger partial charge >= 0.3 is 0 Å². The van der Waals surface area contributed by atoms with E-state index in [2.05, 4.69) is 16.5 Å². The molecule has 0 saturated carbocycles. The minimum absolute atomic E-state index is 0.00931. The molecule has 1 atom stereocenters. The molecule has 24 heavy (non-hydrogen) atoms. The van der Waals surface area contributed by atoms with Crippen molar-refractivity contribution in [3.63, 3.8) is 0 Å². The molecule has 0 saturated heterocycles. The van der Waals surface area contributed by atoms with Crippen molar-refractivity contribution in [3.8, 4) is 0 Å². The zero-order valence-electron chi connectivity index (χ0n) is 14.2. The Bertz CT molecular complexity index is 851. The number of aromatic nitrogens is 2. The van der Waals surface area contributed by atoms with Gasteiger partial charge in [-0.1, -0.05) is 29.8 Å². The van der Waals surface area contributed by atoms with Crippen molar-refractivity contribution < 1.29 is 4.79 Å². The molecule has 1 aliphatic rings. The summed E-state index contributed by atoms with van der Waals surface area (Å²) in [6.07, 6.45) is 6.74. The van der Waals surface area contributed by atoms with E-state index in [1.54, 1.807) is 6.07 Å². The summed E-state index contributed by atoms with van der Waals surface area (Å²) in [5.74, 6) is -0.182. The van der Waals surface area contributed by atoms with Gasteiger partial charge in [0.1, 0.15) is 6.54 Å². The molecule has 3 rings (SSSR count). The third kappa shape index (κ3) is 3.40. The van der Waals surface area contributed by atoms with Gasteiger partial charge in [-0.05, 0) is 45.6 Å². The first kappa shape index (κ1) is 16.4. The van der Waals surface area contributed by atoms with Crippen LogP contribution in [0.4, 0.5) is 0 Å². The Morgan fingerprint density at radius 3 is 2.75 bits per heavy atom. The smallest absolute Gasteiger partial charge is 0.275 e. The zero-order valence-corrected chi connectivity index (χ0v) is 14.2. The first-order valence-electron chi connectivity index (χ1n) is 8.51. The minimum Gasteiger partial charge on any atom is -0.348 e. The van der Waals surface area contributed by atoms with Crippen LogP contribution in [0.2, 0.25) is 0 Å². The van der Waals surface area contributed by atoms with E-state index in [0.717, 1.165) is 23.9 Å². The van der Waals surface area contributed by atoms with E-state index < -0.39 is 0 Å². The lowest BCUT2D eigenvalue weighted by Gasteiger charge is -2.21. The molecule has 1 heterocycles. The second-order valence-electron chi connectivity index (χ2n) is 6.41. The van der Waals surface area contributed by atoms with E-state index in [1.807, 2.05) is 32.0 Å². The van der Waals surface area contributed by atoms with Crippen LogP contribution in [0.1, 0.15) is 38.3 Å². The number of nitrogens with one attached hydrogen (secondary N) is 1. The summed E-state index contributed by atoms with van der Waals surface area (Å²) in [6.45, 7) is 3.80. The number of allylic oxidation sites excluding steroid dienone is 1. The Labute approximate surface area is 141 Å². The highest BCUT2D eigenvalue weighted by Crippen LogP contribution is 2.20. The lowest BCUT2D eigenvalue weighted by atomic mass is 9.95. The van der Waals surface area contributed by atoms with Gasteiger partial charge in [-0.15, -0.1) is 0 Å². The lowest BCUT2D eigenvalue weighted by molar-refractivity contribution is -0.122. The van der Waals surface area contributed by atoms with E-state index in [1.165, 1.54) is 23.1 Å². The van der Waals surface area contributed by atoms with Crippen LogP contribution in [-0.2, 0) is 11.3 Å². The number of hydrogen-bond acceptors (Lipinski definition) is 3. The van der Waals surface area contributed by atoms with Crippen molar-refractivity contribution in [1.82, 2.24) is 15.1 Å². The maximum absolute atomic E-state index is 12.5. The number of fused-ring (bicyclic) bond motifs is 1. The van der Waals surface area contributed by atoms with Gasteiger partial charge in [0.2, 0.25) is 5.91 Å². The van der Waals surface area contributed by atoms with Gasteiger partial charge < -0.3 is 5.32 Å². The van der Waals surface area contributed by atoms with E-state index >= 15 is 0 Å². The molecule has 126 valence electrons. The molecule has 0 radical (unpaired) electrons. The van der Waals surface area contributed by atoms with Crippen LogP contribution >= 0.6 is 0 Å². The molecule has 0 spiro atoms. The Morgan fingerprint density at radius 2 is 2.04 bits per heavy atom. The van der Waals surface area contributed by atoms with Crippen LogP contribution in [0.15, 0.2) is 40.7 Å². The Balaban J connectivity index is 1.77. The summed E-state index contributed by atoms with van der Waals surface area (Å²) >= 11 is 0. The highest BCUT2D eigenvalue weighted by molar-refractivity contribution is 5.83. The van der Waals surface area contributed by atoms with Crippen LogP contribution in [0.3, 0.4) is 0 Å². The van der Waals surface area contributed by atoms with Crippen LogP contribution in [-0.4, -0.2) is 21.7 Å². The Kier molecular flexibility index (Phi) is 4.79. The molecular formula is C19H23N3O2. The average Bonchev–Trinajstić information content (AvgIpc) is 2.60. The maximum atomic E-state index is 12.5. The first-order valence-corrected chi connectivity index (χ1v) is 8.51. The van der Waals surface area contributed by atoms with E-state index in [4.69, 9.17) is 0 Å². The summed E-state index contributed by atoms with van der Waals surface area (Å²) in [7, 11) is 0. The number of nitrogens with zero attached hydrogens (tertiary/aromatic N) is 2. The predicted octanol–water partition coefficient (Wildman–Crippen LogP) is 2.71. The molecule has 2 aromatic rings. The van der Waals surface area contributed by atoms with Crippen LogP contribution < -0.4 is 10.9 Å². The quantitative estimate of drug-likeness (QED) is 0.879. The Hall–Kier alpha value is -2.43. The second kappa shape index (κ2) is 6.99. The van der Waals surface area contributed by atoms with Crippen LogP contribution in [0, 0.1) is 6.92 Å². The third-order valence-corrected chi connectivity index (χ3v) is 4.61. The molecular weight excluding hydrogens is 302 g/mol. The van der Waals surface area contributed by atoms with Crippen molar-refractivity contribution >= 4 is 16.7 Å². The molecule has 0 aliphatic heterocycles.